The Morgan fingerprint density at radius 3 is 2.26 bits per heavy atom. The Bertz CT molecular complexity index is 693. The van der Waals surface area contributed by atoms with Crippen molar-refractivity contribution in [3.63, 3.8) is 0 Å². The van der Waals surface area contributed by atoms with E-state index in [0.717, 1.165) is 11.1 Å². The molecule has 1 aromatic heterocycles. The Kier molecular flexibility index (Phi) is 3.42. The predicted molar refractivity (Wildman–Crippen MR) is 74.7 cm³/mol. The van der Waals surface area contributed by atoms with Crippen molar-refractivity contribution < 1.29 is 4.79 Å². The number of hydrogen-bond donors (Lipinski definition) is 0. The van der Waals surface area contributed by atoms with Crippen LogP contribution in [0.4, 0.5) is 0 Å². The molecule has 2 rings (SSSR count). The molecule has 0 aliphatic heterocycles. The molecule has 0 atom stereocenters. The predicted octanol–water partition coefficient (Wildman–Crippen LogP) is 1.99. The second-order valence-corrected chi connectivity index (χ2v) is 4.99. The molecule has 0 aliphatic carbocycles. The van der Waals surface area contributed by atoms with E-state index < -0.39 is 0 Å². The summed E-state index contributed by atoms with van der Waals surface area (Å²) in [5.41, 5.74) is 3.74. The highest BCUT2D eigenvalue weighted by molar-refractivity contribution is 5.97. The molecule has 0 aliphatic rings. The van der Waals surface area contributed by atoms with Crippen LogP contribution >= 0.6 is 0 Å². The fourth-order valence-electron chi connectivity index (χ4n) is 2.13. The Hall–Kier alpha value is -2.10. The number of Topliss-reactive ketones (excluding diaryl/α,β-unsaturated/α-hetero) is 1. The third-order valence-corrected chi connectivity index (χ3v) is 3.47. The standard InChI is InChI=1S/C15H18N2O2/c1-10-7-12(3)13(8-11(10)2)14(18)9-17-6-5-16(4)15(17)19/h5-8H,9H2,1-4H3. The molecule has 0 saturated heterocycles. The van der Waals surface area contributed by atoms with Crippen LogP contribution in [0.25, 0.3) is 0 Å². The summed E-state index contributed by atoms with van der Waals surface area (Å²) in [6.45, 7) is 6.02. The first-order valence-electron chi connectivity index (χ1n) is 6.23. The lowest BCUT2D eigenvalue weighted by Crippen LogP contribution is -2.25. The number of imidazole rings is 1. The van der Waals surface area contributed by atoms with Crippen molar-refractivity contribution in [1.82, 2.24) is 9.13 Å². The molecule has 0 amide bonds. The van der Waals surface area contributed by atoms with Gasteiger partial charge in [0.1, 0.15) is 0 Å². The summed E-state index contributed by atoms with van der Waals surface area (Å²) in [6, 6.07) is 3.91. The molecule has 0 radical (unpaired) electrons. The molecule has 0 N–H and O–H groups in total. The lowest BCUT2D eigenvalue weighted by Gasteiger charge is -2.09. The molecule has 4 nitrogen and oxygen atoms in total. The number of rotatable bonds is 3. The zero-order valence-corrected chi connectivity index (χ0v) is 11.7. The minimum absolute atomic E-state index is 0.0334. The van der Waals surface area contributed by atoms with Gasteiger partial charge in [-0.25, -0.2) is 4.79 Å². The number of hydrogen-bond acceptors (Lipinski definition) is 2. The van der Waals surface area contributed by atoms with E-state index in [4.69, 9.17) is 0 Å². The van der Waals surface area contributed by atoms with Gasteiger partial charge in [0, 0.05) is 25.0 Å². The minimum Gasteiger partial charge on any atom is -0.302 e. The molecular weight excluding hydrogens is 240 g/mol. The third-order valence-electron chi connectivity index (χ3n) is 3.47. The fourth-order valence-corrected chi connectivity index (χ4v) is 2.13. The maximum absolute atomic E-state index is 12.3. The molecule has 4 heteroatoms. The topological polar surface area (TPSA) is 44.0 Å². The molecule has 0 spiro atoms. The number of carbonyl (C=O) groups excluding carboxylic acids is 1. The molecule has 19 heavy (non-hydrogen) atoms. The van der Waals surface area contributed by atoms with Gasteiger partial charge in [-0.15, -0.1) is 0 Å². The van der Waals surface area contributed by atoms with E-state index in [2.05, 4.69) is 0 Å². The first-order chi connectivity index (χ1) is 8.90. The fraction of sp³-hybridized carbons (Fsp3) is 0.333. The van der Waals surface area contributed by atoms with Crippen LogP contribution in [0.5, 0.6) is 0 Å². The van der Waals surface area contributed by atoms with E-state index in [9.17, 15) is 9.59 Å². The largest absolute Gasteiger partial charge is 0.328 e. The Labute approximate surface area is 112 Å². The van der Waals surface area contributed by atoms with E-state index in [0.29, 0.717) is 5.56 Å². The van der Waals surface area contributed by atoms with Crippen LogP contribution in [0.15, 0.2) is 29.3 Å². The normalized spacial score (nSPS) is 10.7. The molecular formula is C15H18N2O2. The summed E-state index contributed by atoms with van der Waals surface area (Å²) >= 11 is 0. The maximum atomic E-state index is 12.3. The Balaban J connectivity index is 2.33. The van der Waals surface area contributed by atoms with Gasteiger partial charge in [0.05, 0.1) is 6.54 Å². The third kappa shape index (κ3) is 2.52. The highest BCUT2D eigenvalue weighted by Crippen LogP contribution is 2.16. The number of ketones is 1. The average molecular weight is 258 g/mol. The van der Waals surface area contributed by atoms with Gasteiger partial charge in [-0.1, -0.05) is 6.07 Å². The minimum atomic E-state index is -0.171. The zero-order valence-electron chi connectivity index (χ0n) is 11.7. The van der Waals surface area contributed by atoms with Gasteiger partial charge in [0.2, 0.25) is 0 Å². The summed E-state index contributed by atoms with van der Waals surface area (Å²) in [6.07, 6.45) is 3.29. The van der Waals surface area contributed by atoms with E-state index in [1.54, 1.807) is 19.4 Å². The van der Waals surface area contributed by atoms with Crippen molar-refractivity contribution in [2.24, 2.45) is 7.05 Å². The van der Waals surface area contributed by atoms with E-state index >= 15 is 0 Å². The van der Waals surface area contributed by atoms with Crippen LogP contribution in [0.2, 0.25) is 0 Å². The van der Waals surface area contributed by atoms with Crippen LogP contribution in [-0.4, -0.2) is 14.9 Å². The van der Waals surface area contributed by atoms with Crippen LogP contribution in [-0.2, 0) is 13.6 Å². The summed E-state index contributed by atoms with van der Waals surface area (Å²) < 4.78 is 2.89. The van der Waals surface area contributed by atoms with Gasteiger partial charge >= 0.3 is 5.69 Å². The lowest BCUT2D eigenvalue weighted by atomic mass is 9.98. The first-order valence-corrected chi connectivity index (χ1v) is 6.23. The molecule has 0 fully saturated rings. The van der Waals surface area contributed by atoms with Gasteiger partial charge in [-0.05, 0) is 43.5 Å². The second-order valence-electron chi connectivity index (χ2n) is 4.99. The number of aromatic nitrogens is 2. The van der Waals surface area contributed by atoms with Crippen molar-refractivity contribution in [3.8, 4) is 0 Å². The molecule has 100 valence electrons. The van der Waals surface area contributed by atoms with Crippen molar-refractivity contribution in [2.75, 3.05) is 0 Å². The molecule has 1 aromatic carbocycles. The Morgan fingerprint density at radius 2 is 1.68 bits per heavy atom. The molecule has 0 bridgehead atoms. The average Bonchev–Trinajstić information content (AvgIpc) is 2.65. The molecule has 2 aromatic rings. The van der Waals surface area contributed by atoms with Crippen molar-refractivity contribution in [2.45, 2.75) is 27.3 Å². The van der Waals surface area contributed by atoms with Crippen molar-refractivity contribution in [3.05, 3.63) is 57.3 Å². The van der Waals surface area contributed by atoms with E-state index in [1.165, 1.54) is 14.7 Å². The lowest BCUT2D eigenvalue weighted by molar-refractivity contribution is 0.0970. The highest BCUT2D eigenvalue weighted by Gasteiger charge is 2.12. The van der Waals surface area contributed by atoms with Crippen molar-refractivity contribution >= 4 is 5.78 Å². The highest BCUT2D eigenvalue weighted by atomic mass is 16.2. The number of nitrogens with zero attached hydrogens (tertiary/aromatic N) is 2. The van der Waals surface area contributed by atoms with Gasteiger partial charge < -0.3 is 4.57 Å². The van der Waals surface area contributed by atoms with Gasteiger partial charge in [-0.2, -0.15) is 0 Å². The number of carbonyl (C=O) groups is 1. The first kappa shape index (κ1) is 13.3. The summed E-state index contributed by atoms with van der Waals surface area (Å²) in [5.74, 6) is -0.0334. The van der Waals surface area contributed by atoms with E-state index in [1.807, 2.05) is 32.9 Å². The smallest absolute Gasteiger partial charge is 0.302 e. The number of benzene rings is 1. The maximum Gasteiger partial charge on any atom is 0.328 e. The summed E-state index contributed by atoms with van der Waals surface area (Å²) in [7, 11) is 1.67. The molecule has 0 saturated carbocycles. The van der Waals surface area contributed by atoms with Crippen LogP contribution in [0.3, 0.4) is 0 Å². The number of aryl methyl sites for hydroxylation is 4. The van der Waals surface area contributed by atoms with Gasteiger partial charge in [0.25, 0.3) is 0 Å². The summed E-state index contributed by atoms with van der Waals surface area (Å²) in [5, 5.41) is 0. The van der Waals surface area contributed by atoms with Gasteiger partial charge in [0.15, 0.2) is 5.78 Å². The van der Waals surface area contributed by atoms with Crippen LogP contribution in [0.1, 0.15) is 27.0 Å². The van der Waals surface area contributed by atoms with E-state index in [-0.39, 0.29) is 18.0 Å². The second kappa shape index (κ2) is 4.88. The van der Waals surface area contributed by atoms with Crippen LogP contribution in [0, 0.1) is 20.8 Å². The zero-order chi connectivity index (χ0) is 14.2. The molecule has 0 unspecified atom stereocenters. The van der Waals surface area contributed by atoms with Crippen LogP contribution < -0.4 is 5.69 Å². The quantitative estimate of drug-likeness (QED) is 0.790. The Morgan fingerprint density at radius 1 is 1.05 bits per heavy atom. The van der Waals surface area contributed by atoms with Crippen molar-refractivity contribution in [1.29, 1.82) is 0 Å². The monoisotopic (exact) mass is 258 g/mol. The van der Waals surface area contributed by atoms with Gasteiger partial charge in [-0.3, -0.25) is 9.36 Å². The molecule has 1 heterocycles. The SMILES string of the molecule is Cc1cc(C)c(C(=O)Cn2ccn(C)c2=O)cc1C. The summed E-state index contributed by atoms with van der Waals surface area (Å²) in [4.78, 5) is 24.0.